The summed E-state index contributed by atoms with van der Waals surface area (Å²) < 4.78 is 4.46. The number of carboxylic acid groups (broad SMARTS) is 1. The number of carbonyl (C=O) groups excluding carboxylic acids is 2. The summed E-state index contributed by atoms with van der Waals surface area (Å²) in [6.45, 7) is 1.63. The maximum atomic E-state index is 11.9. The Balaban J connectivity index is 2.69. The molecule has 0 aromatic heterocycles. The lowest BCUT2D eigenvalue weighted by molar-refractivity contribution is -0.146. The van der Waals surface area contributed by atoms with E-state index in [1.54, 1.807) is 30.3 Å². The van der Waals surface area contributed by atoms with Crippen LogP contribution in [-0.4, -0.2) is 36.6 Å². The minimum Gasteiger partial charge on any atom is -0.481 e. The van der Waals surface area contributed by atoms with Crippen LogP contribution in [0.3, 0.4) is 0 Å². The van der Waals surface area contributed by atoms with Crippen molar-refractivity contribution in [3.63, 3.8) is 0 Å². The fourth-order valence-electron chi connectivity index (χ4n) is 1.90. The molecule has 6 nitrogen and oxygen atoms in total. The molecule has 2 N–H and O–H groups in total. The number of rotatable bonds is 7. The van der Waals surface area contributed by atoms with E-state index in [-0.39, 0.29) is 19.4 Å². The number of amides is 1. The highest BCUT2D eigenvalue weighted by Gasteiger charge is 2.37. The van der Waals surface area contributed by atoms with E-state index >= 15 is 0 Å². The van der Waals surface area contributed by atoms with Crippen molar-refractivity contribution in [2.45, 2.75) is 25.2 Å². The van der Waals surface area contributed by atoms with Gasteiger partial charge < -0.3 is 15.2 Å². The molecule has 114 valence electrons. The summed E-state index contributed by atoms with van der Waals surface area (Å²) in [7, 11) is 1.26. The average Bonchev–Trinajstić information content (AvgIpc) is 2.47. The van der Waals surface area contributed by atoms with Gasteiger partial charge in [-0.05, 0) is 12.5 Å². The highest BCUT2D eigenvalue weighted by Crippen LogP contribution is 2.27. The number of hydrogen-bond acceptors (Lipinski definition) is 4. The first-order chi connectivity index (χ1) is 9.90. The number of benzene rings is 1. The van der Waals surface area contributed by atoms with Crippen LogP contribution in [0.5, 0.6) is 0 Å². The number of ether oxygens (including phenoxy) is 1. The van der Waals surface area contributed by atoms with Crippen molar-refractivity contribution in [1.82, 2.24) is 5.32 Å². The van der Waals surface area contributed by atoms with Crippen molar-refractivity contribution < 1.29 is 24.2 Å². The van der Waals surface area contributed by atoms with E-state index in [0.717, 1.165) is 0 Å². The lowest BCUT2D eigenvalue weighted by atomic mass is 9.79. The predicted octanol–water partition coefficient (Wildman–Crippen LogP) is 1.10. The minimum absolute atomic E-state index is 0.0529. The fourth-order valence-corrected chi connectivity index (χ4v) is 1.90. The molecule has 0 aliphatic rings. The largest absolute Gasteiger partial charge is 0.481 e. The molecule has 1 rings (SSSR count). The van der Waals surface area contributed by atoms with Crippen LogP contribution in [0.4, 0.5) is 0 Å². The van der Waals surface area contributed by atoms with Gasteiger partial charge in [-0.25, -0.2) is 0 Å². The van der Waals surface area contributed by atoms with Gasteiger partial charge in [-0.1, -0.05) is 30.3 Å². The molecule has 0 heterocycles. The van der Waals surface area contributed by atoms with E-state index in [2.05, 4.69) is 10.1 Å². The maximum Gasteiger partial charge on any atom is 0.314 e. The van der Waals surface area contributed by atoms with Gasteiger partial charge in [-0.3, -0.25) is 14.4 Å². The monoisotopic (exact) mass is 293 g/mol. The van der Waals surface area contributed by atoms with Gasteiger partial charge in [-0.2, -0.15) is 0 Å². The minimum atomic E-state index is -1.31. The highest BCUT2D eigenvalue weighted by molar-refractivity contribution is 5.89. The quantitative estimate of drug-likeness (QED) is 0.734. The van der Waals surface area contributed by atoms with Gasteiger partial charge in [0.2, 0.25) is 5.91 Å². The van der Waals surface area contributed by atoms with Crippen molar-refractivity contribution in [1.29, 1.82) is 0 Å². The summed E-state index contributed by atoms with van der Waals surface area (Å²) in [4.78, 5) is 34.4. The summed E-state index contributed by atoms with van der Waals surface area (Å²) >= 11 is 0. The second kappa shape index (κ2) is 7.42. The zero-order valence-electron chi connectivity index (χ0n) is 12.1. The molecule has 0 radical (unpaired) electrons. The van der Waals surface area contributed by atoms with Crippen molar-refractivity contribution >= 4 is 17.8 Å². The maximum absolute atomic E-state index is 11.9. The molecule has 0 spiro atoms. The molecule has 0 bridgehead atoms. The van der Waals surface area contributed by atoms with Crippen LogP contribution in [0.2, 0.25) is 0 Å². The Kier molecular flexibility index (Phi) is 5.90. The third-order valence-corrected chi connectivity index (χ3v) is 3.28. The summed E-state index contributed by atoms with van der Waals surface area (Å²) in [5, 5.41) is 12.0. The number of aliphatic carboxylic acids is 1. The van der Waals surface area contributed by atoms with E-state index in [9.17, 15) is 19.5 Å². The lowest BCUT2D eigenvalue weighted by Crippen LogP contribution is -2.39. The smallest absolute Gasteiger partial charge is 0.314 e. The first kappa shape index (κ1) is 16.7. The first-order valence-corrected chi connectivity index (χ1v) is 6.52. The second-order valence-electron chi connectivity index (χ2n) is 4.86. The molecule has 1 atom stereocenters. The molecule has 0 aliphatic carbocycles. The van der Waals surface area contributed by atoms with Gasteiger partial charge in [0.15, 0.2) is 0 Å². The van der Waals surface area contributed by atoms with Gasteiger partial charge in [0.1, 0.15) is 0 Å². The van der Waals surface area contributed by atoms with E-state index in [1.807, 2.05) is 0 Å². The molecular weight excluding hydrogens is 274 g/mol. The van der Waals surface area contributed by atoms with E-state index in [0.29, 0.717) is 5.56 Å². The summed E-state index contributed by atoms with van der Waals surface area (Å²) in [5.41, 5.74) is -0.753. The highest BCUT2D eigenvalue weighted by atomic mass is 16.5. The van der Waals surface area contributed by atoms with Crippen LogP contribution in [0.25, 0.3) is 0 Å². The summed E-state index contributed by atoms with van der Waals surface area (Å²) in [6, 6.07) is 8.59. The molecule has 0 saturated heterocycles. The first-order valence-electron chi connectivity index (χ1n) is 6.52. The van der Waals surface area contributed by atoms with Crippen LogP contribution in [0.15, 0.2) is 30.3 Å². The van der Waals surface area contributed by atoms with Crippen molar-refractivity contribution in [2.75, 3.05) is 13.7 Å². The molecule has 0 aliphatic heterocycles. The number of carboxylic acids is 1. The van der Waals surface area contributed by atoms with Crippen molar-refractivity contribution in [3.8, 4) is 0 Å². The molecule has 1 amide bonds. The number of esters is 1. The zero-order chi connectivity index (χ0) is 15.9. The van der Waals surface area contributed by atoms with Crippen LogP contribution in [-0.2, 0) is 24.5 Å². The van der Waals surface area contributed by atoms with Gasteiger partial charge in [0.05, 0.1) is 18.9 Å². The van der Waals surface area contributed by atoms with Gasteiger partial charge in [0, 0.05) is 13.0 Å². The van der Waals surface area contributed by atoms with Gasteiger partial charge in [-0.15, -0.1) is 0 Å². The Bertz CT molecular complexity index is 514. The van der Waals surface area contributed by atoms with Crippen LogP contribution >= 0.6 is 0 Å². The Labute approximate surface area is 123 Å². The lowest BCUT2D eigenvalue weighted by Gasteiger charge is -2.24. The second-order valence-corrected chi connectivity index (χ2v) is 4.86. The Morgan fingerprint density at radius 3 is 2.38 bits per heavy atom. The number of carbonyl (C=O) groups is 3. The molecular formula is C15H19NO5. The Morgan fingerprint density at radius 1 is 1.24 bits per heavy atom. The standard InChI is InChI=1S/C15H19NO5/c1-15(14(19)20,11-6-4-3-5-7-11)10-12(17)16-9-8-13(18)21-2/h3-7H,8-10H2,1-2H3,(H,16,17)(H,19,20). The number of methoxy groups -OCH3 is 1. The van der Waals surface area contributed by atoms with E-state index in [4.69, 9.17) is 0 Å². The SMILES string of the molecule is COC(=O)CCNC(=O)CC(C)(C(=O)O)c1ccccc1. The molecule has 1 aromatic carbocycles. The van der Waals surface area contributed by atoms with Gasteiger partial charge in [0.25, 0.3) is 0 Å². The van der Waals surface area contributed by atoms with Crippen LogP contribution in [0, 0.1) is 0 Å². The van der Waals surface area contributed by atoms with E-state index in [1.165, 1.54) is 14.0 Å². The van der Waals surface area contributed by atoms with Gasteiger partial charge >= 0.3 is 11.9 Å². The third-order valence-electron chi connectivity index (χ3n) is 3.28. The molecule has 6 heteroatoms. The summed E-state index contributed by atoms with van der Waals surface area (Å²) in [5.74, 6) is -1.93. The van der Waals surface area contributed by atoms with E-state index < -0.39 is 23.3 Å². The number of nitrogens with one attached hydrogen (secondary N) is 1. The third kappa shape index (κ3) is 4.59. The predicted molar refractivity (Wildman–Crippen MR) is 75.7 cm³/mol. The Morgan fingerprint density at radius 2 is 1.86 bits per heavy atom. The molecule has 0 saturated carbocycles. The number of hydrogen-bond donors (Lipinski definition) is 2. The topological polar surface area (TPSA) is 92.7 Å². The molecule has 0 fully saturated rings. The molecule has 1 unspecified atom stereocenters. The van der Waals surface area contributed by atoms with Crippen LogP contribution < -0.4 is 5.32 Å². The van der Waals surface area contributed by atoms with Crippen molar-refractivity contribution in [2.24, 2.45) is 0 Å². The molecule has 21 heavy (non-hydrogen) atoms. The molecule has 1 aromatic rings. The zero-order valence-corrected chi connectivity index (χ0v) is 12.1. The van der Waals surface area contributed by atoms with Crippen LogP contribution in [0.1, 0.15) is 25.3 Å². The summed E-state index contributed by atoms with van der Waals surface area (Å²) in [6.07, 6.45) is -0.148. The average molecular weight is 293 g/mol. The van der Waals surface area contributed by atoms with Crippen molar-refractivity contribution in [3.05, 3.63) is 35.9 Å². The normalized spacial score (nSPS) is 13.0. The Hall–Kier alpha value is -2.37. The fraction of sp³-hybridized carbons (Fsp3) is 0.400.